The normalized spacial score (nSPS) is 9.72. The van der Waals surface area contributed by atoms with Crippen molar-refractivity contribution in [2.45, 2.75) is 46.1 Å². The summed E-state index contributed by atoms with van der Waals surface area (Å²) in [4.78, 5) is 0. The minimum atomic E-state index is -1.11. The molecule has 0 fully saturated rings. The van der Waals surface area contributed by atoms with Gasteiger partial charge in [0.05, 0.1) is 5.60 Å². The van der Waals surface area contributed by atoms with E-state index in [2.05, 4.69) is 0 Å². The lowest BCUT2D eigenvalue weighted by molar-refractivity contribution is -0.00965. The zero-order valence-corrected chi connectivity index (χ0v) is 12.1. The molecule has 1 aromatic rings. The molecule has 0 amide bonds. The predicted octanol–water partition coefficient (Wildman–Crippen LogP) is 2.69. The number of hydrogen-bond acceptors (Lipinski definition) is 3. The summed E-state index contributed by atoms with van der Waals surface area (Å²) in [5, 5.41) is 27.9. The summed E-state index contributed by atoms with van der Waals surface area (Å²) in [6.45, 7) is 7.82. The highest BCUT2D eigenvalue weighted by Crippen LogP contribution is 2.27. The van der Waals surface area contributed by atoms with Gasteiger partial charge in [0.1, 0.15) is 0 Å². The van der Waals surface area contributed by atoms with E-state index in [0.717, 1.165) is 5.56 Å². The average molecular weight is 256 g/mol. The van der Waals surface area contributed by atoms with Gasteiger partial charge in [-0.15, -0.1) is 0 Å². The van der Waals surface area contributed by atoms with Crippen molar-refractivity contribution in [3.05, 3.63) is 35.9 Å². The van der Waals surface area contributed by atoms with Crippen molar-refractivity contribution in [3.63, 3.8) is 0 Å². The minimum Gasteiger partial charge on any atom is -0.396 e. The van der Waals surface area contributed by atoms with Crippen LogP contribution in [0.1, 0.15) is 46.1 Å². The first-order valence-corrected chi connectivity index (χ1v) is 6.72. The lowest BCUT2D eigenvalue weighted by Crippen LogP contribution is -2.28. The van der Waals surface area contributed by atoms with E-state index in [4.69, 9.17) is 10.2 Å². The molecular formula is C15H28O3. The second-order valence-electron chi connectivity index (χ2n) is 3.34. The highest BCUT2D eigenvalue weighted by Gasteiger charge is 2.27. The monoisotopic (exact) mass is 256 g/mol. The Labute approximate surface area is 111 Å². The van der Waals surface area contributed by atoms with E-state index >= 15 is 0 Å². The second kappa shape index (κ2) is 12.6. The highest BCUT2D eigenvalue weighted by atomic mass is 16.3. The summed E-state index contributed by atoms with van der Waals surface area (Å²) < 4.78 is 0. The maximum Gasteiger partial charge on any atom is 0.0940 e. The third-order valence-electron chi connectivity index (χ3n) is 2.36. The summed E-state index contributed by atoms with van der Waals surface area (Å²) >= 11 is 0. The fraction of sp³-hybridized carbons (Fsp3) is 0.600. The molecule has 18 heavy (non-hydrogen) atoms. The highest BCUT2D eigenvalue weighted by molar-refractivity contribution is 5.22. The molecule has 0 radical (unpaired) electrons. The van der Waals surface area contributed by atoms with Crippen molar-refractivity contribution >= 4 is 0 Å². The Hall–Kier alpha value is -0.900. The number of hydrogen-bond donors (Lipinski definition) is 3. The number of aliphatic hydroxyl groups is 3. The van der Waals surface area contributed by atoms with Crippen LogP contribution in [0.15, 0.2) is 30.3 Å². The van der Waals surface area contributed by atoms with Crippen molar-refractivity contribution in [2.75, 3.05) is 13.2 Å². The third-order valence-corrected chi connectivity index (χ3v) is 2.36. The first kappa shape index (κ1) is 19.4. The van der Waals surface area contributed by atoms with Crippen LogP contribution in [0.2, 0.25) is 0 Å². The summed E-state index contributed by atoms with van der Waals surface area (Å²) in [6.07, 6.45) is 0.495. The smallest absolute Gasteiger partial charge is 0.0940 e. The molecule has 0 atom stereocenters. The van der Waals surface area contributed by atoms with E-state index in [1.54, 1.807) is 12.1 Å². The van der Waals surface area contributed by atoms with Crippen LogP contribution < -0.4 is 0 Å². The van der Waals surface area contributed by atoms with Gasteiger partial charge in [-0.25, -0.2) is 0 Å². The topological polar surface area (TPSA) is 60.7 Å². The van der Waals surface area contributed by atoms with Gasteiger partial charge in [0.25, 0.3) is 0 Å². The Morgan fingerprint density at radius 2 is 1.22 bits per heavy atom. The molecule has 1 aromatic carbocycles. The van der Waals surface area contributed by atoms with E-state index in [1.807, 2.05) is 45.9 Å². The van der Waals surface area contributed by atoms with Gasteiger partial charge in [-0.05, 0) is 5.56 Å². The van der Waals surface area contributed by atoms with Crippen LogP contribution in [-0.2, 0) is 5.60 Å². The molecule has 0 spiro atoms. The average Bonchev–Trinajstić information content (AvgIpc) is 2.45. The fourth-order valence-electron chi connectivity index (χ4n) is 1.53. The molecule has 0 heterocycles. The van der Waals surface area contributed by atoms with Gasteiger partial charge < -0.3 is 15.3 Å². The number of rotatable bonds is 5. The second-order valence-corrected chi connectivity index (χ2v) is 3.34. The molecule has 0 unspecified atom stereocenters. The van der Waals surface area contributed by atoms with Gasteiger partial charge >= 0.3 is 0 Å². The molecule has 3 heteroatoms. The quantitative estimate of drug-likeness (QED) is 0.759. The van der Waals surface area contributed by atoms with Crippen LogP contribution in [0.5, 0.6) is 0 Å². The molecule has 3 N–H and O–H groups in total. The lowest BCUT2D eigenvalue weighted by Gasteiger charge is -2.27. The SMILES string of the molecule is CC.CC.OCCC(O)(CCO)c1ccccc1. The van der Waals surface area contributed by atoms with Crippen LogP contribution in [0.25, 0.3) is 0 Å². The van der Waals surface area contributed by atoms with Gasteiger partial charge in [-0.2, -0.15) is 0 Å². The molecule has 0 saturated heterocycles. The zero-order chi connectivity index (χ0) is 14.4. The fourth-order valence-corrected chi connectivity index (χ4v) is 1.53. The van der Waals surface area contributed by atoms with E-state index in [-0.39, 0.29) is 26.1 Å². The van der Waals surface area contributed by atoms with Crippen molar-refractivity contribution in [2.24, 2.45) is 0 Å². The summed E-state index contributed by atoms with van der Waals surface area (Å²) in [6, 6.07) is 9.11. The van der Waals surface area contributed by atoms with Gasteiger partial charge in [0.15, 0.2) is 0 Å². The largest absolute Gasteiger partial charge is 0.396 e. The molecule has 0 aliphatic carbocycles. The first-order valence-electron chi connectivity index (χ1n) is 6.72. The molecule has 0 aliphatic rings. The Balaban J connectivity index is 0. The van der Waals surface area contributed by atoms with Crippen LogP contribution in [-0.4, -0.2) is 28.5 Å². The number of aliphatic hydroxyl groups excluding tert-OH is 2. The molecule has 0 bridgehead atoms. The maximum atomic E-state index is 10.2. The molecule has 3 nitrogen and oxygen atoms in total. The Kier molecular flexibility index (Phi) is 13.6. The standard InChI is InChI=1S/C11H16O3.2C2H6/c12-8-6-11(14,7-9-13)10-4-2-1-3-5-10;2*1-2/h1-5,12-14H,6-9H2;2*1-2H3. The van der Waals surface area contributed by atoms with Gasteiger partial charge in [-0.3, -0.25) is 0 Å². The molecule has 0 aromatic heterocycles. The van der Waals surface area contributed by atoms with Crippen molar-refractivity contribution in [1.82, 2.24) is 0 Å². The predicted molar refractivity (Wildman–Crippen MR) is 76.4 cm³/mol. The van der Waals surface area contributed by atoms with Gasteiger partial charge in [0.2, 0.25) is 0 Å². The van der Waals surface area contributed by atoms with Crippen LogP contribution in [0.4, 0.5) is 0 Å². The van der Waals surface area contributed by atoms with Gasteiger partial charge in [-0.1, -0.05) is 58.0 Å². The van der Waals surface area contributed by atoms with E-state index in [9.17, 15) is 5.11 Å². The van der Waals surface area contributed by atoms with E-state index in [0.29, 0.717) is 0 Å². The Morgan fingerprint density at radius 3 is 1.56 bits per heavy atom. The number of benzene rings is 1. The Morgan fingerprint density at radius 1 is 0.833 bits per heavy atom. The van der Waals surface area contributed by atoms with Gasteiger partial charge in [0, 0.05) is 26.1 Å². The minimum absolute atomic E-state index is 0.0919. The lowest BCUT2D eigenvalue weighted by atomic mass is 9.88. The summed E-state index contributed by atoms with van der Waals surface area (Å²) in [5.41, 5.74) is -0.367. The molecule has 106 valence electrons. The maximum absolute atomic E-state index is 10.2. The van der Waals surface area contributed by atoms with Crippen molar-refractivity contribution in [3.8, 4) is 0 Å². The molecule has 0 saturated carbocycles. The molecule has 1 rings (SSSR count). The summed E-state index contributed by atoms with van der Waals surface area (Å²) in [5.74, 6) is 0. The first-order chi connectivity index (χ1) is 8.73. The third kappa shape index (κ3) is 6.74. The van der Waals surface area contributed by atoms with Crippen molar-refractivity contribution in [1.29, 1.82) is 0 Å². The van der Waals surface area contributed by atoms with E-state index in [1.165, 1.54) is 0 Å². The molecule has 0 aliphatic heterocycles. The summed E-state index contributed by atoms with van der Waals surface area (Å²) in [7, 11) is 0. The Bertz CT molecular complexity index is 254. The van der Waals surface area contributed by atoms with Crippen LogP contribution in [0.3, 0.4) is 0 Å². The van der Waals surface area contributed by atoms with E-state index < -0.39 is 5.60 Å². The zero-order valence-electron chi connectivity index (χ0n) is 12.1. The van der Waals surface area contributed by atoms with Crippen LogP contribution >= 0.6 is 0 Å². The van der Waals surface area contributed by atoms with Crippen LogP contribution in [0, 0.1) is 0 Å². The molecular weight excluding hydrogens is 228 g/mol. The van der Waals surface area contributed by atoms with Crippen molar-refractivity contribution < 1.29 is 15.3 Å².